The molecule has 0 spiro atoms. The van der Waals surface area contributed by atoms with Gasteiger partial charge in [-0.3, -0.25) is 4.98 Å². The molecule has 0 radical (unpaired) electrons. The third-order valence-electron chi connectivity index (χ3n) is 2.28. The van der Waals surface area contributed by atoms with Gasteiger partial charge in [-0.05, 0) is 31.0 Å². The van der Waals surface area contributed by atoms with Crippen LogP contribution in [0.15, 0.2) is 24.7 Å². The highest BCUT2D eigenvalue weighted by Crippen LogP contribution is 2.23. The van der Waals surface area contributed by atoms with Crippen LogP contribution in [-0.4, -0.2) is 15.0 Å². The number of rotatable bonds is 1. The summed E-state index contributed by atoms with van der Waals surface area (Å²) in [6.45, 7) is 3.98. The summed E-state index contributed by atoms with van der Waals surface area (Å²) < 4.78 is 0. The highest BCUT2D eigenvalue weighted by atomic mass is 15.0. The number of aryl methyl sites for hydroxylation is 2. The molecule has 0 bridgehead atoms. The van der Waals surface area contributed by atoms with E-state index >= 15 is 0 Å². The molecule has 0 amide bonds. The topological polar surface area (TPSA) is 64.7 Å². The fourth-order valence-electron chi connectivity index (χ4n) is 1.44. The van der Waals surface area contributed by atoms with E-state index in [1.807, 2.05) is 19.9 Å². The Kier molecular flexibility index (Phi) is 2.33. The van der Waals surface area contributed by atoms with Gasteiger partial charge in [0.05, 0.1) is 5.69 Å². The second-order valence-corrected chi connectivity index (χ2v) is 3.45. The molecule has 0 aliphatic carbocycles. The van der Waals surface area contributed by atoms with Gasteiger partial charge in [0, 0.05) is 24.2 Å². The molecule has 2 heterocycles. The molecule has 2 rings (SSSR count). The molecular weight excluding hydrogens is 188 g/mol. The van der Waals surface area contributed by atoms with Crippen molar-refractivity contribution < 1.29 is 0 Å². The van der Waals surface area contributed by atoms with Crippen LogP contribution in [-0.2, 0) is 0 Å². The molecule has 76 valence electrons. The Labute approximate surface area is 88.2 Å². The number of anilines is 1. The Morgan fingerprint density at radius 1 is 1.13 bits per heavy atom. The molecular formula is C11H12N4. The van der Waals surface area contributed by atoms with Gasteiger partial charge in [-0.2, -0.15) is 0 Å². The first kappa shape index (κ1) is 9.58. The van der Waals surface area contributed by atoms with E-state index in [0.29, 0.717) is 5.95 Å². The van der Waals surface area contributed by atoms with Crippen molar-refractivity contribution in [3.8, 4) is 11.3 Å². The number of pyridine rings is 1. The minimum atomic E-state index is 0.291. The van der Waals surface area contributed by atoms with Crippen LogP contribution < -0.4 is 5.73 Å². The van der Waals surface area contributed by atoms with Gasteiger partial charge in [-0.1, -0.05) is 0 Å². The zero-order valence-corrected chi connectivity index (χ0v) is 8.73. The fraction of sp³-hybridized carbons (Fsp3) is 0.182. The molecule has 0 unspecified atom stereocenters. The summed E-state index contributed by atoms with van der Waals surface area (Å²) in [7, 11) is 0. The Hall–Kier alpha value is -1.97. The zero-order valence-electron chi connectivity index (χ0n) is 8.73. The first-order chi connectivity index (χ1) is 7.18. The van der Waals surface area contributed by atoms with Gasteiger partial charge in [-0.25, -0.2) is 9.97 Å². The lowest BCUT2D eigenvalue weighted by Crippen LogP contribution is -1.99. The van der Waals surface area contributed by atoms with Crippen LogP contribution in [0, 0.1) is 13.8 Å². The zero-order chi connectivity index (χ0) is 10.8. The number of hydrogen-bond acceptors (Lipinski definition) is 4. The van der Waals surface area contributed by atoms with Crippen LogP contribution in [0.1, 0.15) is 11.1 Å². The monoisotopic (exact) mass is 200 g/mol. The van der Waals surface area contributed by atoms with Crippen LogP contribution in [0.5, 0.6) is 0 Å². The van der Waals surface area contributed by atoms with Crippen LogP contribution in [0.25, 0.3) is 11.3 Å². The highest BCUT2D eigenvalue weighted by molar-refractivity contribution is 5.65. The van der Waals surface area contributed by atoms with Crippen LogP contribution in [0.2, 0.25) is 0 Å². The van der Waals surface area contributed by atoms with Crippen LogP contribution >= 0.6 is 0 Å². The lowest BCUT2D eigenvalue weighted by molar-refractivity contribution is 1.14. The molecule has 15 heavy (non-hydrogen) atoms. The predicted octanol–water partition coefficient (Wildman–Crippen LogP) is 1.74. The molecule has 0 aliphatic heterocycles. The third kappa shape index (κ3) is 1.79. The van der Waals surface area contributed by atoms with Gasteiger partial charge in [0.1, 0.15) is 0 Å². The van der Waals surface area contributed by atoms with Gasteiger partial charge in [0.15, 0.2) is 0 Å². The summed E-state index contributed by atoms with van der Waals surface area (Å²) in [4.78, 5) is 12.3. The SMILES string of the molecule is Cc1ccncc1-c1nc(N)ncc1C. The Morgan fingerprint density at radius 3 is 2.67 bits per heavy atom. The largest absolute Gasteiger partial charge is 0.368 e. The average molecular weight is 200 g/mol. The number of nitrogens with two attached hydrogens (primary N) is 1. The standard InChI is InChI=1S/C11H12N4/c1-7-3-4-13-6-9(7)10-8(2)5-14-11(12)15-10/h3-6H,1-2H3,(H2,12,14,15). The lowest BCUT2D eigenvalue weighted by atomic mass is 10.1. The third-order valence-corrected chi connectivity index (χ3v) is 2.28. The van der Waals surface area contributed by atoms with E-state index in [2.05, 4.69) is 15.0 Å². The molecule has 0 fully saturated rings. The van der Waals surface area contributed by atoms with Crippen molar-refractivity contribution in [1.29, 1.82) is 0 Å². The highest BCUT2D eigenvalue weighted by Gasteiger charge is 2.07. The van der Waals surface area contributed by atoms with Gasteiger partial charge >= 0.3 is 0 Å². The van der Waals surface area contributed by atoms with Crippen molar-refractivity contribution in [2.24, 2.45) is 0 Å². The predicted molar refractivity (Wildman–Crippen MR) is 59.1 cm³/mol. The minimum Gasteiger partial charge on any atom is -0.368 e. The molecule has 0 saturated heterocycles. The second-order valence-electron chi connectivity index (χ2n) is 3.45. The van der Waals surface area contributed by atoms with Gasteiger partial charge < -0.3 is 5.73 Å². The molecule has 4 nitrogen and oxygen atoms in total. The van der Waals surface area contributed by atoms with Crippen molar-refractivity contribution in [2.75, 3.05) is 5.73 Å². The number of nitrogen functional groups attached to an aromatic ring is 1. The lowest BCUT2D eigenvalue weighted by Gasteiger charge is -2.07. The van der Waals surface area contributed by atoms with Crippen molar-refractivity contribution in [2.45, 2.75) is 13.8 Å². The Bertz CT molecular complexity index is 494. The molecule has 0 aliphatic rings. The maximum Gasteiger partial charge on any atom is 0.220 e. The normalized spacial score (nSPS) is 10.3. The van der Waals surface area contributed by atoms with Crippen LogP contribution in [0.3, 0.4) is 0 Å². The summed E-state index contributed by atoms with van der Waals surface area (Å²) in [5.74, 6) is 0.291. The van der Waals surface area contributed by atoms with E-state index in [0.717, 1.165) is 22.4 Å². The van der Waals surface area contributed by atoms with E-state index < -0.39 is 0 Å². The minimum absolute atomic E-state index is 0.291. The number of hydrogen-bond donors (Lipinski definition) is 1. The molecule has 0 aromatic carbocycles. The quantitative estimate of drug-likeness (QED) is 0.761. The molecule has 2 aromatic rings. The molecule has 0 atom stereocenters. The number of nitrogens with zero attached hydrogens (tertiary/aromatic N) is 3. The average Bonchev–Trinajstić information content (AvgIpc) is 2.23. The van der Waals surface area contributed by atoms with Crippen molar-refractivity contribution in [1.82, 2.24) is 15.0 Å². The number of aromatic nitrogens is 3. The maximum absolute atomic E-state index is 5.57. The first-order valence-corrected chi connectivity index (χ1v) is 4.68. The van der Waals surface area contributed by atoms with Crippen molar-refractivity contribution >= 4 is 5.95 Å². The van der Waals surface area contributed by atoms with Crippen LogP contribution in [0.4, 0.5) is 5.95 Å². The summed E-state index contributed by atoms with van der Waals surface area (Å²) in [6, 6.07) is 1.95. The molecule has 4 heteroatoms. The molecule has 2 N–H and O–H groups in total. The van der Waals surface area contributed by atoms with Crippen molar-refractivity contribution in [3.05, 3.63) is 35.8 Å². The summed E-state index contributed by atoms with van der Waals surface area (Å²) in [5, 5.41) is 0. The van der Waals surface area contributed by atoms with Crippen molar-refractivity contribution in [3.63, 3.8) is 0 Å². The van der Waals surface area contributed by atoms with E-state index in [-0.39, 0.29) is 0 Å². The fourth-order valence-corrected chi connectivity index (χ4v) is 1.44. The van der Waals surface area contributed by atoms with E-state index in [9.17, 15) is 0 Å². The van der Waals surface area contributed by atoms with E-state index in [4.69, 9.17) is 5.73 Å². The van der Waals surface area contributed by atoms with Gasteiger partial charge in [-0.15, -0.1) is 0 Å². The van der Waals surface area contributed by atoms with Gasteiger partial charge in [0.25, 0.3) is 0 Å². The Morgan fingerprint density at radius 2 is 1.93 bits per heavy atom. The second kappa shape index (κ2) is 3.65. The summed E-state index contributed by atoms with van der Waals surface area (Å²) in [5.41, 5.74) is 9.56. The van der Waals surface area contributed by atoms with E-state index in [1.165, 1.54) is 0 Å². The smallest absolute Gasteiger partial charge is 0.220 e. The maximum atomic E-state index is 5.57. The first-order valence-electron chi connectivity index (χ1n) is 4.68. The van der Waals surface area contributed by atoms with E-state index in [1.54, 1.807) is 18.6 Å². The Balaban J connectivity index is 2.64. The summed E-state index contributed by atoms with van der Waals surface area (Å²) in [6.07, 6.45) is 5.28. The summed E-state index contributed by atoms with van der Waals surface area (Å²) >= 11 is 0. The molecule has 2 aromatic heterocycles. The van der Waals surface area contributed by atoms with Gasteiger partial charge in [0.2, 0.25) is 5.95 Å². The molecule has 0 saturated carbocycles.